The van der Waals surface area contributed by atoms with Crippen LogP contribution in [0.15, 0.2) is 39.1 Å². The lowest BCUT2D eigenvalue weighted by atomic mass is 9.98. The summed E-state index contributed by atoms with van der Waals surface area (Å²) in [5.41, 5.74) is -1.13. The Bertz CT molecular complexity index is 770. The molecule has 1 aliphatic rings. The van der Waals surface area contributed by atoms with Crippen LogP contribution in [0, 0.1) is 12.8 Å². The van der Waals surface area contributed by atoms with Gasteiger partial charge in [-0.15, -0.1) is 11.3 Å². The maximum absolute atomic E-state index is 10.7. The number of hydrogen-bond donors (Lipinski definition) is 3. The molecule has 2 atom stereocenters. The van der Waals surface area contributed by atoms with Crippen LogP contribution >= 0.6 is 11.3 Å². The number of aliphatic imine (C=N–C) groups is 1. The molecule has 7 heteroatoms. The fraction of sp³-hybridized carbons (Fsp3) is 0.591. The molecule has 0 aliphatic carbocycles. The molecule has 3 rings (SSSR count). The van der Waals surface area contributed by atoms with E-state index in [1.54, 1.807) is 6.92 Å². The van der Waals surface area contributed by atoms with Crippen LogP contribution in [0.25, 0.3) is 0 Å². The monoisotopic (exact) mass is 418 g/mol. The SMILES string of the molecule is CCNC(=NCC(C)(O)c1ccc(C)o1)NCC1CCCN(Cc2cccs2)C1. The Morgan fingerprint density at radius 3 is 2.93 bits per heavy atom. The summed E-state index contributed by atoms with van der Waals surface area (Å²) in [6.45, 7) is 10.9. The first-order valence-corrected chi connectivity index (χ1v) is 11.4. The highest BCUT2D eigenvalue weighted by atomic mass is 32.1. The van der Waals surface area contributed by atoms with Crippen molar-refractivity contribution in [2.24, 2.45) is 10.9 Å². The van der Waals surface area contributed by atoms with Gasteiger partial charge in [0.05, 0.1) is 6.54 Å². The van der Waals surface area contributed by atoms with Crippen LogP contribution < -0.4 is 10.6 Å². The van der Waals surface area contributed by atoms with Crippen molar-refractivity contribution in [2.45, 2.75) is 45.8 Å². The van der Waals surface area contributed by atoms with Crippen LogP contribution in [0.2, 0.25) is 0 Å². The zero-order valence-corrected chi connectivity index (χ0v) is 18.6. The normalized spacial score (nSPS) is 20.4. The maximum Gasteiger partial charge on any atom is 0.191 e. The number of aryl methyl sites for hydroxylation is 1. The third kappa shape index (κ3) is 6.59. The molecule has 0 radical (unpaired) electrons. The Hall–Kier alpha value is -1.83. The highest BCUT2D eigenvalue weighted by molar-refractivity contribution is 7.09. The van der Waals surface area contributed by atoms with Gasteiger partial charge in [0.1, 0.15) is 17.1 Å². The van der Waals surface area contributed by atoms with E-state index in [0.717, 1.165) is 37.9 Å². The quantitative estimate of drug-likeness (QED) is 0.453. The maximum atomic E-state index is 10.7. The lowest BCUT2D eigenvalue weighted by Crippen LogP contribution is -2.44. The fourth-order valence-electron chi connectivity index (χ4n) is 3.70. The van der Waals surface area contributed by atoms with Gasteiger partial charge in [-0.2, -0.15) is 0 Å². The number of nitrogens with one attached hydrogen (secondary N) is 2. The molecule has 1 aliphatic heterocycles. The third-order valence-electron chi connectivity index (χ3n) is 5.28. The Kier molecular flexibility index (Phi) is 7.75. The first-order valence-electron chi connectivity index (χ1n) is 10.5. The lowest BCUT2D eigenvalue weighted by molar-refractivity contribution is 0.0428. The number of piperidine rings is 1. The molecule has 2 aromatic heterocycles. The first-order chi connectivity index (χ1) is 14.0. The van der Waals surface area contributed by atoms with Gasteiger partial charge in [-0.3, -0.25) is 4.90 Å². The molecule has 0 saturated carbocycles. The number of nitrogens with zero attached hydrogens (tertiary/aromatic N) is 2. The van der Waals surface area contributed by atoms with E-state index in [2.05, 4.69) is 45.0 Å². The number of guanidine groups is 1. The molecule has 29 heavy (non-hydrogen) atoms. The van der Waals surface area contributed by atoms with E-state index in [-0.39, 0.29) is 6.54 Å². The van der Waals surface area contributed by atoms with Gasteiger partial charge in [0.2, 0.25) is 0 Å². The van der Waals surface area contributed by atoms with E-state index in [4.69, 9.17) is 4.42 Å². The predicted molar refractivity (Wildman–Crippen MR) is 119 cm³/mol. The van der Waals surface area contributed by atoms with Crippen molar-refractivity contribution in [1.29, 1.82) is 0 Å². The van der Waals surface area contributed by atoms with Crippen molar-refractivity contribution in [1.82, 2.24) is 15.5 Å². The molecule has 160 valence electrons. The average molecular weight is 419 g/mol. The van der Waals surface area contributed by atoms with Crippen LogP contribution in [0.4, 0.5) is 0 Å². The van der Waals surface area contributed by atoms with Crippen LogP contribution in [0.3, 0.4) is 0 Å². The molecule has 0 spiro atoms. The molecule has 0 bridgehead atoms. The smallest absolute Gasteiger partial charge is 0.191 e. The summed E-state index contributed by atoms with van der Waals surface area (Å²) >= 11 is 1.83. The summed E-state index contributed by atoms with van der Waals surface area (Å²) in [5, 5.41) is 19.6. The molecule has 2 unspecified atom stereocenters. The number of furan rings is 1. The zero-order valence-electron chi connectivity index (χ0n) is 17.8. The van der Waals surface area contributed by atoms with Gasteiger partial charge in [0.25, 0.3) is 0 Å². The number of aliphatic hydroxyl groups is 1. The molecule has 0 aromatic carbocycles. The average Bonchev–Trinajstić information content (AvgIpc) is 3.36. The van der Waals surface area contributed by atoms with E-state index in [9.17, 15) is 5.11 Å². The van der Waals surface area contributed by atoms with Crippen molar-refractivity contribution >= 4 is 17.3 Å². The minimum Gasteiger partial charge on any atom is -0.463 e. The van der Waals surface area contributed by atoms with E-state index in [1.165, 1.54) is 24.3 Å². The molecule has 3 N–H and O–H groups in total. The molecule has 0 amide bonds. The van der Waals surface area contributed by atoms with Crippen molar-refractivity contribution in [3.8, 4) is 0 Å². The fourth-order valence-corrected chi connectivity index (χ4v) is 4.45. The van der Waals surface area contributed by atoms with Crippen molar-refractivity contribution in [3.63, 3.8) is 0 Å². The first kappa shape index (κ1) is 21.9. The number of likely N-dealkylation sites (tertiary alicyclic amines) is 1. The van der Waals surface area contributed by atoms with Crippen LogP contribution in [0.1, 0.15) is 43.1 Å². The molecular formula is C22H34N4O2S. The van der Waals surface area contributed by atoms with Crippen molar-refractivity contribution in [2.75, 3.05) is 32.7 Å². The van der Waals surface area contributed by atoms with Gasteiger partial charge in [-0.05, 0) is 69.7 Å². The Labute approximate surface area is 178 Å². The van der Waals surface area contributed by atoms with Crippen LogP contribution in [0.5, 0.6) is 0 Å². The second-order valence-electron chi connectivity index (χ2n) is 8.08. The minimum atomic E-state index is -1.13. The second kappa shape index (κ2) is 10.3. The Balaban J connectivity index is 1.52. The summed E-state index contributed by atoms with van der Waals surface area (Å²) in [4.78, 5) is 8.59. The van der Waals surface area contributed by atoms with E-state index in [0.29, 0.717) is 11.7 Å². The van der Waals surface area contributed by atoms with E-state index >= 15 is 0 Å². The molecule has 1 fully saturated rings. The summed E-state index contributed by atoms with van der Waals surface area (Å²) < 4.78 is 5.59. The van der Waals surface area contributed by atoms with Gasteiger partial charge in [0, 0.05) is 31.1 Å². The highest BCUT2D eigenvalue weighted by Gasteiger charge is 2.27. The largest absolute Gasteiger partial charge is 0.463 e. The predicted octanol–water partition coefficient (Wildman–Crippen LogP) is 3.32. The summed E-state index contributed by atoms with van der Waals surface area (Å²) in [7, 11) is 0. The Morgan fingerprint density at radius 1 is 1.38 bits per heavy atom. The minimum absolute atomic E-state index is 0.241. The van der Waals surface area contributed by atoms with Crippen LogP contribution in [-0.2, 0) is 12.1 Å². The molecule has 3 heterocycles. The summed E-state index contributed by atoms with van der Waals surface area (Å²) in [6.07, 6.45) is 2.47. The molecular weight excluding hydrogens is 384 g/mol. The highest BCUT2D eigenvalue weighted by Crippen LogP contribution is 2.23. The van der Waals surface area contributed by atoms with E-state index < -0.39 is 5.60 Å². The standard InChI is InChI=1S/C22H34N4O2S/c1-4-23-21(25-16-22(3,27)20-10-9-17(2)28-20)24-13-18-7-5-11-26(14-18)15-19-8-6-12-29-19/h6,8-10,12,18,27H,4-5,7,11,13-16H2,1-3H3,(H2,23,24,25). The van der Waals surface area contributed by atoms with Gasteiger partial charge in [-0.1, -0.05) is 6.07 Å². The van der Waals surface area contributed by atoms with Gasteiger partial charge < -0.3 is 20.2 Å². The molecule has 2 aromatic rings. The van der Waals surface area contributed by atoms with Gasteiger partial charge >= 0.3 is 0 Å². The Morgan fingerprint density at radius 2 is 2.24 bits per heavy atom. The van der Waals surface area contributed by atoms with Gasteiger partial charge in [0.15, 0.2) is 5.96 Å². The number of thiophene rings is 1. The van der Waals surface area contributed by atoms with Crippen molar-refractivity contribution < 1.29 is 9.52 Å². The third-order valence-corrected chi connectivity index (χ3v) is 6.14. The summed E-state index contributed by atoms with van der Waals surface area (Å²) in [6, 6.07) is 8.02. The molecule has 1 saturated heterocycles. The zero-order chi connectivity index (χ0) is 20.7. The van der Waals surface area contributed by atoms with Gasteiger partial charge in [-0.25, -0.2) is 4.99 Å². The van der Waals surface area contributed by atoms with Crippen LogP contribution in [-0.4, -0.2) is 48.7 Å². The van der Waals surface area contributed by atoms with E-state index in [1.807, 2.05) is 30.4 Å². The number of rotatable bonds is 8. The topological polar surface area (TPSA) is 73.0 Å². The summed E-state index contributed by atoms with van der Waals surface area (Å²) in [5.74, 6) is 2.68. The number of hydrogen-bond acceptors (Lipinski definition) is 5. The van der Waals surface area contributed by atoms with Crippen molar-refractivity contribution in [3.05, 3.63) is 46.0 Å². The molecule has 6 nitrogen and oxygen atoms in total. The second-order valence-corrected chi connectivity index (χ2v) is 9.12. The lowest BCUT2D eigenvalue weighted by Gasteiger charge is -2.32.